The Kier molecular flexibility index (Phi) is 4.84. The van der Waals surface area contributed by atoms with Gasteiger partial charge >= 0.3 is 0 Å². The predicted molar refractivity (Wildman–Crippen MR) is 79.5 cm³/mol. The van der Waals surface area contributed by atoms with Gasteiger partial charge in [-0.1, -0.05) is 55.3 Å². The van der Waals surface area contributed by atoms with Crippen LogP contribution >= 0.6 is 23.2 Å². The second kappa shape index (κ2) is 6.40. The fourth-order valence-corrected chi connectivity index (χ4v) is 2.47. The third kappa shape index (κ3) is 3.49. The molecular formula is C16H15Cl2F. The molecular weight excluding hydrogens is 282 g/mol. The number of hydrogen-bond acceptors (Lipinski definition) is 0. The van der Waals surface area contributed by atoms with Crippen molar-refractivity contribution >= 4 is 23.2 Å². The van der Waals surface area contributed by atoms with Gasteiger partial charge in [-0.3, -0.25) is 0 Å². The monoisotopic (exact) mass is 296 g/mol. The number of alkyl halides is 1. The zero-order chi connectivity index (χ0) is 13.8. The summed E-state index contributed by atoms with van der Waals surface area (Å²) in [4.78, 5) is 0. The molecule has 0 N–H and O–H groups in total. The van der Waals surface area contributed by atoms with Crippen molar-refractivity contribution in [1.29, 1.82) is 0 Å². The van der Waals surface area contributed by atoms with E-state index >= 15 is 0 Å². The van der Waals surface area contributed by atoms with Crippen LogP contribution < -0.4 is 0 Å². The molecule has 0 radical (unpaired) electrons. The van der Waals surface area contributed by atoms with Gasteiger partial charge in [0.15, 0.2) is 0 Å². The van der Waals surface area contributed by atoms with Gasteiger partial charge in [-0.25, -0.2) is 4.39 Å². The van der Waals surface area contributed by atoms with Crippen molar-refractivity contribution in [3.63, 3.8) is 0 Å². The summed E-state index contributed by atoms with van der Waals surface area (Å²) in [5.41, 5.74) is 3.09. The summed E-state index contributed by atoms with van der Waals surface area (Å²) >= 11 is 12.2. The van der Waals surface area contributed by atoms with Gasteiger partial charge in [0, 0.05) is 0 Å². The molecule has 0 bridgehead atoms. The van der Waals surface area contributed by atoms with E-state index < -0.39 is 5.82 Å². The first-order chi connectivity index (χ1) is 9.11. The van der Waals surface area contributed by atoms with Gasteiger partial charge in [0.05, 0.1) is 10.4 Å². The molecule has 0 fully saturated rings. The summed E-state index contributed by atoms with van der Waals surface area (Å²) in [5, 5.41) is -0.209. The highest BCUT2D eigenvalue weighted by atomic mass is 35.5. The molecule has 2 aromatic rings. The third-order valence-corrected chi connectivity index (χ3v) is 3.84. The zero-order valence-corrected chi connectivity index (χ0v) is 12.2. The molecule has 0 saturated carbocycles. The average molecular weight is 297 g/mol. The summed E-state index contributed by atoms with van der Waals surface area (Å²) in [6.07, 6.45) is 2.19. The zero-order valence-electron chi connectivity index (χ0n) is 10.7. The smallest absolute Gasteiger partial charge is 0.141 e. The van der Waals surface area contributed by atoms with Crippen LogP contribution in [0.4, 0.5) is 4.39 Å². The molecule has 1 unspecified atom stereocenters. The summed E-state index contributed by atoms with van der Waals surface area (Å²) in [5.74, 6) is -0.424. The minimum Gasteiger partial charge on any atom is -0.205 e. The Balaban J connectivity index is 2.22. The molecule has 0 spiro atoms. The highest BCUT2D eigenvalue weighted by Gasteiger charge is 2.12. The van der Waals surface area contributed by atoms with Crippen LogP contribution in [-0.4, -0.2) is 0 Å². The van der Waals surface area contributed by atoms with E-state index in [1.54, 1.807) is 12.1 Å². The molecule has 0 aliphatic rings. The maximum absolute atomic E-state index is 13.1. The van der Waals surface area contributed by atoms with E-state index in [0.717, 1.165) is 24.0 Å². The molecule has 19 heavy (non-hydrogen) atoms. The summed E-state index contributed by atoms with van der Waals surface area (Å²) in [7, 11) is 0. The van der Waals surface area contributed by atoms with Crippen molar-refractivity contribution in [3.8, 4) is 0 Å². The molecule has 0 nitrogen and oxygen atoms in total. The molecule has 0 amide bonds. The molecule has 1 atom stereocenters. The Bertz CT molecular complexity index is 549. The van der Waals surface area contributed by atoms with E-state index in [9.17, 15) is 4.39 Å². The van der Waals surface area contributed by atoms with Gasteiger partial charge < -0.3 is 0 Å². The molecule has 0 saturated heterocycles. The van der Waals surface area contributed by atoms with Crippen LogP contribution in [0.3, 0.4) is 0 Å². The van der Waals surface area contributed by atoms with Crippen molar-refractivity contribution in [2.24, 2.45) is 0 Å². The maximum Gasteiger partial charge on any atom is 0.141 e. The van der Waals surface area contributed by atoms with Crippen LogP contribution in [0.5, 0.6) is 0 Å². The van der Waals surface area contributed by atoms with E-state index in [1.807, 2.05) is 12.1 Å². The maximum atomic E-state index is 13.1. The van der Waals surface area contributed by atoms with E-state index in [-0.39, 0.29) is 10.4 Å². The van der Waals surface area contributed by atoms with E-state index in [4.69, 9.17) is 23.2 Å². The fourth-order valence-electron chi connectivity index (χ4n) is 2.00. The Hall–Kier alpha value is -1.05. The molecule has 0 aliphatic heterocycles. The molecule has 2 rings (SSSR count). The van der Waals surface area contributed by atoms with E-state index in [2.05, 4.69) is 19.1 Å². The van der Waals surface area contributed by atoms with Gasteiger partial charge in [0.2, 0.25) is 0 Å². The van der Waals surface area contributed by atoms with Gasteiger partial charge in [-0.15, -0.1) is 11.6 Å². The molecule has 0 heterocycles. The molecule has 2 aromatic carbocycles. The Morgan fingerprint density at radius 1 is 1.05 bits per heavy atom. The molecule has 3 heteroatoms. The third-order valence-electron chi connectivity index (χ3n) is 3.05. The van der Waals surface area contributed by atoms with Crippen molar-refractivity contribution < 1.29 is 4.39 Å². The highest BCUT2D eigenvalue weighted by Crippen LogP contribution is 2.31. The predicted octanol–water partition coefficient (Wildman–Crippen LogP) is 5.76. The second-order valence-corrected chi connectivity index (χ2v) is 5.37. The van der Waals surface area contributed by atoms with Crippen LogP contribution in [0.1, 0.15) is 35.4 Å². The lowest BCUT2D eigenvalue weighted by Gasteiger charge is -2.11. The lowest BCUT2D eigenvalue weighted by Crippen LogP contribution is -1.95. The average Bonchev–Trinajstić information content (AvgIpc) is 2.42. The molecule has 0 aliphatic carbocycles. The lowest BCUT2D eigenvalue weighted by molar-refractivity contribution is 0.627. The van der Waals surface area contributed by atoms with Gasteiger partial charge in [-0.2, -0.15) is 0 Å². The minimum atomic E-state index is -0.424. The van der Waals surface area contributed by atoms with Gasteiger partial charge in [0.1, 0.15) is 5.82 Å². The number of aryl methyl sites for hydroxylation is 1. The summed E-state index contributed by atoms with van der Waals surface area (Å²) in [6, 6.07) is 12.8. The standard InChI is InChI=1S/C16H15Cl2F/c1-2-3-11-4-6-12(7-5-11)16(18)13-8-9-15(19)14(17)10-13/h4-10,16H,2-3H2,1H3. The molecule has 100 valence electrons. The van der Waals surface area contributed by atoms with Crippen LogP contribution in [0.2, 0.25) is 5.02 Å². The topological polar surface area (TPSA) is 0 Å². The van der Waals surface area contributed by atoms with Gasteiger partial charge in [-0.05, 0) is 35.2 Å². The Labute approximate surface area is 123 Å². The highest BCUT2D eigenvalue weighted by molar-refractivity contribution is 6.31. The fraction of sp³-hybridized carbons (Fsp3) is 0.250. The van der Waals surface area contributed by atoms with Crippen LogP contribution in [0, 0.1) is 5.82 Å². The van der Waals surface area contributed by atoms with Crippen LogP contribution in [0.15, 0.2) is 42.5 Å². The first kappa shape index (κ1) is 14.4. The number of rotatable bonds is 4. The van der Waals surface area contributed by atoms with E-state index in [0.29, 0.717) is 0 Å². The van der Waals surface area contributed by atoms with Crippen molar-refractivity contribution in [2.75, 3.05) is 0 Å². The van der Waals surface area contributed by atoms with Crippen molar-refractivity contribution in [3.05, 3.63) is 70.0 Å². The summed E-state index contributed by atoms with van der Waals surface area (Å²) < 4.78 is 13.1. The van der Waals surface area contributed by atoms with Crippen molar-refractivity contribution in [1.82, 2.24) is 0 Å². The SMILES string of the molecule is CCCc1ccc(C(Cl)c2ccc(F)c(Cl)c2)cc1. The second-order valence-electron chi connectivity index (χ2n) is 4.53. The van der Waals surface area contributed by atoms with E-state index in [1.165, 1.54) is 11.6 Å². The van der Waals surface area contributed by atoms with Crippen molar-refractivity contribution in [2.45, 2.75) is 25.1 Å². The first-order valence-electron chi connectivity index (χ1n) is 6.29. The minimum absolute atomic E-state index is 0.103. The number of hydrogen-bond donors (Lipinski definition) is 0. The van der Waals surface area contributed by atoms with Crippen LogP contribution in [0.25, 0.3) is 0 Å². The van der Waals surface area contributed by atoms with Gasteiger partial charge in [0.25, 0.3) is 0 Å². The largest absolute Gasteiger partial charge is 0.205 e. The normalized spacial score (nSPS) is 12.4. The number of benzene rings is 2. The summed E-state index contributed by atoms with van der Waals surface area (Å²) in [6.45, 7) is 2.15. The lowest BCUT2D eigenvalue weighted by atomic mass is 10.0. The Morgan fingerprint density at radius 3 is 2.26 bits per heavy atom. The quantitative estimate of drug-likeness (QED) is 0.629. The first-order valence-corrected chi connectivity index (χ1v) is 7.11. The Morgan fingerprint density at radius 2 is 1.68 bits per heavy atom. The molecule has 0 aromatic heterocycles. The number of halogens is 3. The van der Waals surface area contributed by atoms with Crippen LogP contribution in [-0.2, 0) is 6.42 Å².